The van der Waals surface area contributed by atoms with Gasteiger partial charge in [0.2, 0.25) is 0 Å². The SMILES string of the molecule is C=C(C)C(=O)OC[CH-]OC.[Y]. The van der Waals surface area contributed by atoms with Crippen molar-refractivity contribution in [1.82, 2.24) is 0 Å². The number of carbonyl (C=O) groups is 1. The van der Waals surface area contributed by atoms with Gasteiger partial charge < -0.3 is 9.47 Å². The van der Waals surface area contributed by atoms with E-state index in [1.165, 1.54) is 13.7 Å². The van der Waals surface area contributed by atoms with Crippen LogP contribution < -0.4 is 0 Å². The van der Waals surface area contributed by atoms with Crippen molar-refractivity contribution < 1.29 is 47.0 Å². The van der Waals surface area contributed by atoms with Crippen LogP contribution in [-0.2, 0) is 47.0 Å². The number of ether oxygens (including phenoxy) is 2. The molecule has 0 aliphatic rings. The number of hydrogen-bond donors (Lipinski definition) is 0. The van der Waals surface area contributed by atoms with E-state index in [0.717, 1.165) is 0 Å². The summed E-state index contributed by atoms with van der Waals surface area (Å²) in [6.07, 6.45) is 0. The van der Waals surface area contributed by atoms with Gasteiger partial charge in [0.1, 0.15) is 0 Å². The molecule has 0 spiro atoms. The van der Waals surface area contributed by atoms with Crippen LogP contribution in [0, 0.1) is 6.61 Å². The van der Waals surface area contributed by atoms with Crippen molar-refractivity contribution in [2.75, 3.05) is 13.7 Å². The van der Waals surface area contributed by atoms with Crippen molar-refractivity contribution in [3.8, 4) is 0 Å². The Hall–Kier alpha value is 0.274. The molecule has 0 rings (SSSR count). The van der Waals surface area contributed by atoms with Gasteiger partial charge in [0.25, 0.3) is 0 Å². The van der Waals surface area contributed by atoms with Crippen LogP contribution in [0.4, 0.5) is 0 Å². The average molecular weight is 232 g/mol. The second kappa shape index (κ2) is 8.37. The van der Waals surface area contributed by atoms with Crippen molar-refractivity contribution in [3.63, 3.8) is 0 Å². The number of methoxy groups -OCH3 is 1. The molecule has 4 heteroatoms. The van der Waals surface area contributed by atoms with Crippen LogP contribution in [0.5, 0.6) is 0 Å². The first kappa shape index (κ1) is 13.8. The Bertz CT molecular complexity index is 134. The molecule has 0 aromatic heterocycles. The van der Waals surface area contributed by atoms with E-state index in [4.69, 9.17) is 0 Å². The van der Waals surface area contributed by atoms with Crippen molar-refractivity contribution >= 4 is 5.97 Å². The molecule has 0 unspecified atom stereocenters. The summed E-state index contributed by atoms with van der Waals surface area (Å²) in [6.45, 7) is 6.56. The second-order valence-corrected chi connectivity index (χ2v) is 1.78. The third-order valence-electron chi connectivity index (χ3n) is 0.798. The molecule has 0 amide bonds. The van der Waals surface area contributed by atoms with Gasteiger partial charge >= 0.3 is 5.97 Å². The van der Waals surface area contributed by atoms with Gasteiger partial charge in [0, 0.05) is 38.3 Å². The Kier molecular flexibility index (Phi) is 10.5. The van der Waals surface area contributed by atoms with Gasteiger partial charge in [-0.1, -0.05) is 6.58 Å². The first-order chi connectivity index (χ1) is 4.68. The first-order valence-electron chi connectivity index (χ1n) is 2.85. The standard InChI is InChI=1S/C7H11O3.Y/c1-6(2)7(8)10-5-4-9-3;/h4H,1,5H2,2-3H3;/q-1;. The molecule has 0 saturated carbocycles. The number of rotatable bonds is 4. The zero-order valence-corrected chi connectivity index (χ0v) is 9.63. The van der Waals surface area contributed by atoms with Crippen LogP contribution in [0.15, 0.2) is 12.2 Å². The maximum atomic E-state index is 10.6. The summed E-state index contributed by atoms with van der Waals surface area (Å²) in [6, 6.07) is 0. The van der Waals surface area contributed by atoms with Crippen molar-refractivity contribution in [2.45, 2.75) is 6.92 Å². The van der Waals surface area contributed by atoms with E-state index in [1.807, 2.05) is 0 Å². The molecule has 0 atom stereocenters. The van der Waals surface area contributed by atoms with Gasteiger partial charge in [0.05, 0.1) is 0 Å². The molecular formula is C7H11O3Y-. The molecular weight excluding hydrogens is 221 g/mol. The molecule has 3 nitrogen and oxygen atoms in total. The van der Waals surface area contributed by atoms with Gasteiger partial charge in [-0.25, -0.2) is 4.79 Å². The summed E-state index contributed by atoms with van der Waals surface area (Å²) in [5.74, 6) is -0.395. The molecule has 0 aromatic rings. The second-order valence-electron chi connectivity index (χ2n) is 1.78. The summed E-state index contributed by atoms with van der Waals surface area (Å²) in [7, 11) is 1.49. The maximum Gasteiger partial charge on any atom is 0.330 e. The van der Waals surface area contributed by atoms with Gasteiger partial charge in [-0.2, -0.15) is 6.61 Å². The normalized spacial score (nSPS) is 8.18. The number of hydrogen-bond acceptors (Lipinski definition) is 3. The van der Waals surface area contributed by atoms with Gasteiger partial charge in [0.15, 0.2) is 0 Å². The topological polar surface area (TPSA) is 35.5 Å². The fraction of sp³-hybridized carbons (Fsp3) is 0.429. The minimum atomic E-state index is -0.395. The van der Waals surface area contributed by atoms with Gasteiger partial charge in [-0.15, -0.1) is 0 Å². The summed E-state index contributed by atoms with van der Waals surface area (Å²) < 4.78 is 9.16. The Morgan fingerprint density at radius 3 is 2.55 bits per heavy atom. The minimum absolute atomic E-state index is 0. The summed E-state index contributed by atoms with van der Waals surface area (Å²) in [5.41, 5.74) is 0.393. The molecule has 0 aromatic carbocycles. The average Bonchev–Trinajstić information content (AvgIpc) is 1.88. The summed E-state index contributed by atoms with van der Waals surface area (Å²) in [5, 5.41) is 0. The van der Waals surface area contributed by atoms with Crippen LogP contribution in [0.3, 0.4) is 0 Å². The number of carbonyl (C=O) groups excluding carboxylic acids is 1. The van der Waals surface area contributed by atoms with Crippen LogP contribution in [0.1, 0.15) is 6.92 Å². The molecule has 0 aliphatic carbocycles. The minimum Gasteiger partial charge on any atom is -0.551 e. The Morgan fingerprint density at radius 2 is 2.18 bits per heavy atom. The van der Waals surface area contributed by atoms with Crippen molar-refractivity contribution in [3.05, 3.63) is 18.8 Å². The van der Waals surface area contributed by atoms with Crippen LogP contribution in [0.25, 0.3) is 0 Å². The Labute approximate surface area is 92.0 Å². The van der Waals surface area contributed by atoms with E-state index < -0.39 is 5.97 Å². The molecule has 0 aliphatic heterocycles. The largest absolute Gasteiger partial charge is 0.551 e. The molecule has 61 valence electrons. The zero-order chi connectivity index (χ0) is 7.98. The molecule has 0 heterocycles. The molecule has 0 fully saturated rings. The van der Waals surface area contributed by atoms with Crippen molar-refractivity contribution in [1.29, 1.82) is 0 Å². The van der Waals surface area contributed by atoms with E-state index in [9.17, 15) is 4.79 Å². The molecule has 0 N–H and O–H groups in total. The monoisotopic (exact) mass is 232 g/mol. The fourth-order valence-electron chi connectivity index (χ4n) is 0.301. The smallest absolute Gasteiger partial charge is 0.330 e. The Balaban J connectivity index is 0. The van der Waals surface area contributed by atoms with E-state index in [1.54, 1.807) is 6.92 Å². The van der Waals surface area contributed by atoms with Gasteiger partial charge in [-0.05, 0) is 20.6 Å². The van der Waals surface area contributed by atoms with E-state index in [2.05, 4.69) is 16.1 Å². The summed E-state index contributed by atoms with van der Waals surface area (Å²) >= 11 is 0. The van der Waals surface area contributed by atoms with Crippen LogP contribution >= 0.6 is 0 Å². The molecule has 1 radical (unpaired) electrons. The number of esters is 1. The zero-order valence-electron chi connectivity index (χ0n) is 6.79. The van der Waals surface area contributed by atoms with Crippen LogP contribution in [0.2, 0.25) is 0 Å². The Morgan fingerprint density at radius 1 is 1.64 bits per heavy atom. The van der Waals surface area contributed by atoms with E-state index in [0.29, 0.717) is 5.57 Å². The van der Waals surface area contributed by atoms with Gasteiger partial charge in [-0.3, -0.25) is 0 Å². The fourth-order valence-corrected chi connectivity index (χ4v) is 0.301. The molecule has 0 saturated heterocycles. The maximum absolute atomic E-state index is 10.6. The van der Waals surface area contributed by atoms with Crippen LogP contribution in [-0.4, -0.2) is 19.7 Å². The summed E-state index contributed by atoms with van der Waals surface area (Å²) in [4.78, 5) is 10.6. The third-order valence-corrected chi connectivity index (χ3v) is 0.798. The molecule has 0 bridgehead atoms. The third kappa shape index (κ3) is 8.18. The van der Waals surface area contributed by atoms with E-state index >= 15 is 0 Å². The van der Waals surface area contributed by atoms with Crippen molar-refractivity contribution in [2.24, 2.45) is 0 Å². The quantitative estimate of drug-likeness (QED) is 0.313. The molecule has 11 heavy (non-hydrogen) atoms. The predicted octanol–water partition coefficient (Wildman–Crippen LogP) is 0.911. The predicted molar refractivity (Wildman–Crippen MR) is 37.1 cm³/mol. The van der Waals surface area contributed by atoms with E-state index in [-0.39, 0.29) is 39.3 Å². The first-order valence-corrected chi connectivity index (χ1v) is 2.85.